The Bertz CT molecular complexity index is 378. The molecule has 0 rings (SSSR count). The molecule has 0 aromatic rings. The molecule has 0 aliphatic rings. The van der Waals surface area contributed by atoms with Gasteiger partial charge in [-0.05, 0) is 38.5 Å². The number of carboxylic acids is 1. The normalized spacial score (nSPS) is 11.2. The first kappa shape index (κ1) is 28.9. The minimum atomic E-state index is -0.722. The van der Waals surface area contributed by atoms with Crippen LogP contribution in [0.15, 0.2) is 0 Å². The van der Waals surface area contributed by atoms with E-state index >= 15 is 0 Å². The molecule has 0 aromatic carbocycles. The first-order valence-corrected chi connectivity index (χ1v) is 13.0. The summed E-state index contributed by atoms with van der Waals surface area (Å²) in [5.41, 5.74) is 0. The quantitative estimate of drug-likeness (QED) is 0.132. The number of esters is 1. The number of hydrogen-bond donors (Lipinski definition) is 1. The van der Waals surface area contributed by atoms with Gasteiger partial charge in [0.25, 0.3) is 0 Å². The summed E-state index contributed by atoms with van der Waals surface area (Å²) in [6, 6.07) is 0. The largest absolute Gasteiger partial charge is 0.481 e. The average Bonchev–Trinajstić information content (AvgIpc) is 2.71. The molecule has 1 N–H and O–H groups in total. The van der Waals surface area contributed by atoms with E-state index in [1.54, 1.807) is 0 Å². The maximum atomic E-state index is 12.3. The highest BCUT2D eigenvalue weighted by molar-refractivity contribution is 5.69. The van der Waals surface area contributed by atoms with Crippen molar-refractivity contribution in [3.63, 3.8) is 0 Å². The molecule has 30 heavy (non-hydrogen) atoms. The lowest BCUT2D eigenvalue weighted by Crippen LogP contribution is -2.18. The van der Waals surface area contributed by atoms with Gasteiger partial charge in [0.1, 0.15) is 6.10 Å². The number of carbonyl (C=O) groups is 2. The minimum Gasteiger partial charge on any atom is -0.481 e. The van der Waals surface area contributed by atoms with Gasteiger partial charge in [-0.2, -0.15) is 0 Å². The Morgan fingerprint density at radius 3 is 1.47 bits per heavy atom. The SMILES string of the molecule is CCCCCCCCC(CCCCCCCC)OC(=O)CCCCCCCC(=O)O. The Labute approximate surface area is 186 Å². The highest BCUT2D eigenvalue weighted by Gasteiger charge is 2.14. The van der Waals surface area contributed by atoms with Crippen LogP contribution in [0.5, 0.6) is 0 Å². The summed E-state index contributed by atoms with van der Waals surface area (Å²) >= 11 is 0. The lowest BCUT2D eigenvalue weighted by molar-refractivity contribution is -0.150. The van der Waals surface area contributed by atoms with Crippen LogP contribution in [-0.2, 0) is 14.3 Å². The summed E-state index contributed by atoms with van der Waals surface area (Å²) in [6.45, 7) is 4.48. The zero-order valence-corrected chi connectivity index (χ0v) is 20.1. The molecule has 0 aliphatic carbocycles. The molecule has 0 aliphatic heterocycles. The van der Waals surface area contributed by atoms with Crippen molar-refractivity contribution in [1.82, 2.24) is 0 Å². The van der Waals surface area contributed by atoms with Gasteiger partial charge in [-0.15, -0.1) is 0 Å². The Morgan fingerprint density at radius 2 is 1.00 bits per heavy atom. The Morgan fingerprint density at radius 1 is 0.600 bits per heavy atom. The molecule has 0 radical (unpaired) electrons. The van der Waals surface area contributed by atoms with Crippen LogP contribution < -0.4 is 0 Å². The second-order valence-corrected chi connectivity index (χ2v) is 8.89. The smallest absolute Gasteiger partial charge is 0.306 e. The minimum absolute atomic E-state index is 0.0394. The third-order valence-electron chi connectivity index (χ3n) is 5.83. The van der Waals surface area contributed by atoms with Crippen LogP contribution >= 0.6 is 0 Å². The second-order valence-electron chi connectivity index (χ2n) is 8.89. The summed E-state index contributed by atoms with van der Waals surface area (Å²) in [5.74, 6) is -0.761. The number of hydrogen-bond acceptors (Lipinski definition) is 3. The molecule has 0 unspecified atom stereocenters. The van der Waals surface area contributed by atoms with Gasteiger partial charge in [0.05, 0.1) is 0 Å². The van der Waals surface area contributed by atoms with Crippen LogP contribution in [-0.4, -0.2) is 23.1 Å². The fraction of sp³-hybridized carbons (Fsp3) is 0.923. The molecular formula is C26H50O4. The molecule has 0 atom stereocenters. The zero-order valence-electron chi connectivity index (χ0n) is 20.1. The molecule has 0 amide bonds. The van der Waals surface area contributed by atoms with Crippen molar-refractivity contribution in [2.75, 3.05) is 0 Å². The van der Waals surface area contributed by atoms with Crippen LogP contribution in [0, 0.1) is 0 Å². The topological polar surface area (TPSA) is 63.6 Å². The van der Waals surface area contributed by atoms with Crippen LogP contribution in [0.25, 0.3) is 0 Å². The number of aliphatic carboxylic acids is 1. The van der Waals surface area contributed by atoms with Gasteiger partial charge in [0, 0.05) is 12.8 Å². The van der Waals surface area contributed by atoms with Crippen molar-refractivity contribution in [1.29, 1.82) is 0 Å². The fourth-order valence-electron chi connectivity index (χ4n) is 3.89. The van der Waals surface area contributed by atoms with Crippen molar-refractivity contribution in [3.05, 3.63) is 0 Å². The molecule has 0 aromatic heterocycles. The standard InChI is InChI=1S/C26H50O4/c1-3-5-7-9-12-16-20-24(21-17-13-10-8-6-4-2)30-26(29)23-19-15-11-14-18-22-25(27)28/h24H,3-23H2,1-2H3,(H,27,28). The van der Waals surface area contributed by atoms with Gasteiger partial charge in [0.15, 0.2) is 0 Å². The first-order chi connectivity index (χ1) is 14.6. The molecule has 0 spiro atoms. The summed E-state index contributed by atoms with van der Waals surface area (Å²) in [6.07, 6.45) is 22.7. The molecule has 0 heterocycles. The molecular weight excluding hydrogens is 376 g/mol. The number of rotatable bonds is 23. The van der Waals surface area contributed by atoms with Crippen molar-refractivity contribution in [3.8, 4) is 0 Å². The van der Waals surface area contributed by atoms with E-state index < -0.39 is 5.97 Å². The Balaban J connectivity index is 4.00. The van der Waals surface area contributed by atoms with Gasteiger partial charge < -0.3 is 9.84 Å². The fourth-order valence-corrected chi connectivity index (χ4v) is 3.89. The lowest BCUT2D eigenvalue weighted by Gasteiger charge is -2.18. The Hall–Kier alpha value is -1.06. The van der Waals surface area contributed by atoms with Crippen LogP contribution in [0.3, 0.4) is 0 Å². The predicted octanol–water partition coefficient (Wildman–Crippen LogP) is 8.21. The monoisotopic (exact) mass is 426 g/mol. The second kappa shape index (κ2) is 22.6. The molecule has 0 saturated carbocycles. The predicted molar refractivity (Wildman–Crippen MR) is 126 cm³/mol. The molecule has 4 heteroatoms. The van der Waals surface area contributed by atoms with E-state index in [1.165, 1.54) is 77.0 Å². The van der Waals surface area contributed by atoms with Gasteiger partial charge in [-0.1, -0.05) is 97.3 Å². The van der Waals surface area contributed by atoms with Crippen LogP contribution in [0.4, 0.5) is 0 Å². The van der Waals surface area contributed by atoms with E-state index in [-0.39, 0.29) is 18.5 Å². The number of carboxylic acid groups (broad SMARTS) is 1. The molecule has 178 valence electrons. The number of unbranched alkanes of at least 4 members (excludes halogenated alkanes) is 14. The summed E-state index contributed by atoms with van der Waals surface area (Å²) in [4.78, 5) is 22.8. The summed E-state index contributed by atoms with van der Waals surface area (Å²) in [5, 5.41) is 8.64. The lowest BCUT2D eigenvalue weighted by atomic mass is 10.0. The van der Waals surface area contributed by atoms with Crippen molar-refractivity contribution >= 4 is 11.9 Å². The van der Waals surface area contributed by atoms with E-state index in [2.05, 4.69) is 13.8 Å². The van der Waals surface area contributed by atoms with E-state index in [9.17, 15) is 9.59 Å². The number of ether oxygens (including phenoxy) is 1. The first-order valence-electron chi connectivity index (χ1n) is 13.0. The van der Waals surface area contributed by atoms with Gasteiger partial charge in [-0.25, -0.2) is 0 Å². The summed E-state index contributed by atoms with van der Waals surface area (Å²) < 4.78 is 5.85. The van der Waals surface area contributed by atoms with Crippen molar-refractivity contribution in [2.45, 2.75) is 155 Å². The van der Waals surface area contributed by atoms with Crippen LogP contribution in [0.1, 0.15) is 149 Å². The van der Waals surface area contributed by atoms with Gasteiger partial charge >= 0.3 is 11.9 Å². The van der Waals surface area contributed by atoms with E-state index in [4.69, 9.17) is 9.84 Å². The maximum Gasteiger partial charge on any atom is 0.306 e. The molecule has 4 nitrogen and oxygen atoms in total. The van der Waals surface area contributed by atoms with Crippen molar-refractivity contribution in [2.24, 2.45) is 0 Å². The molecule has 0 bridgehead atoms. The highest BCUT2D eigenvalue weighted by atomic mass is 16.5. The van der Waals surface area contributed by atoms with E-state index in [1.807, 2.05) is 0 Å². The number of carbonyl (C=O) groups excluding carboxylic acids is 1. The Kier molecular flexibility index (Phi) is 21.8. The molecule has 0 saturated heterocycles. The third-order valence-corrected chi connectivity index (χ3v) is 5.83. The van der Waals surface area contributed by atoms with E-state index in [0.29, 0.717) is 6.42 Å². The van der Waals surface area contributed by atoms with Crippen molar-refractivity contribution < 1.29 is 19.4 Å². The van der Waals surface area contributed by atoms with Gasteiger partial charge in [-0.3, -0.25) is 9.59 Å². The zero-order chi connectivity index (χ0) is 22.3. The third kappa shape index (κ3) is 21.6. The average molecular weight is 427 g/mol. The summed E-state index contributed by atoms with van der Waals surface area (Å²) in [7, 11) is 0. The highest BCUT2D eigenvalue weighted by Crippen LogP contribution is 2.18. The van der Waals surface area contributed by atoms with Crippen LogP contribution in [0.2, 0.25) is 0 Å². The van der Waals surface area contributed by atoms with E-state index in [0.717, 1.165) is 44.9 Å². The van der Waals surface area contributed by atoms with Gasteiger partial charge in [0.2, 0.25) is 0 Å². The maximum absolute atomic E-state index is 12.3. The molecule has 0 fully saturated rings.